The van der Waals surface area contributed by atoms with Crippen LogP contribution in [0.15, 0.2) is 22.6 Å². The standard InChI is InChI=1S/C14H16O2/c1-9-3-2-4-13-11(7-9)12-8-10(15)5-6-14(12)16-13/h5-6,8-9,15H,2-4,7H2,1H3. The number of aryl methyl sites for hydroxylation is 1. The molecule has 1 heterocycles. The second-order valence-corrected chi connectivity index (χ2v) is 4.89. The molecule has 2 nitrogen and oxygen atoms in total. The SMILES string of the molecule is CC1CCCc2oc3ccc(O)cc3c2C1. The summed E-state index contributed by atoms with van der Waals surface area (Å²) in [6.07, 6.45) is 4.59. The molecule has 1 atom stereocenters. The highest BCUT2D eigenvalue weighted by molar-refractivity contribution is 5.83. The first-order valence-electron chi connectivity index (χ1n) is 5.97. The molecule has 2 aromatic rings. The summed E-state index contributed by atoms with van der Waals surface area (Å²) in [4.78, 5) is 0. The number of benzene rings is 1. The van der Waals surface area contributed by atoms with Gasteiger partial charge in [-0.15, -0.1) is 0 Å². The molecule has 1 unspecified atom stereocenters. The molecule has 0 radical (unpaired) electrons. The van der Waals surface area contributed by atoms with Crippen LogP contribution in [0, 0.1) is 5.92 Å². The van der Waals surface area contributed by atoms with Crippen molar-refractivity contribution < 1.29 is 9.52 Å². The molecule has 1 aliphatic rings. The van der Waals surface area contributed by atoms with E-state index in [-0.39, 0.29) is 0 Å². The predicted molar refractivity (Wildman–Crippen MR) is 63.7 cm³/mol. The summed E-state index contributed by atoms with van der Waals surface area (Å²) in [5, 5.41) is 10.6. The second kappa shape index (κ2) is 3.55. The van der Waals surface area contributed by atoms with E-state index in [4.69, 9.17) is 4.42 Å². The molecule has 1 aromatic carbocycles. The van der Waals surface area contributed by atoms with Crippen LogP contribution in [-0.2, 0) is 12.8 Å². The van der Waals surface area contributed by atoms with Crippen molar-refractivity contribution in [1.29, 1.82) is 0 Å². The average Bonchev–Trinajstić information content (AvgIpc) is 2.47. The number of furan rings is 1. The average molecular weight is 216 g/mol. The Kier molecular flexibility index (Phi) is 2.16. The summed E-state index contributed by atoms with van der Waals surface area (Å²) in [6, 6.07) is 5.38. The minimum absolute atomic E-state index is 0.327. The van der Waals surface area contributed by atoms with Crippen LogP contribution in [0.2, 0.25) is 0 Å². The number of fused-ring (bicyclic) bond motifs is 3. The van der Waals surface area contributed by atoms with Crippen molar-refractivity contribution in [3.05, 3.63) is 29.5 Å². The van der Waals surface area contributed by atoms with Crippen LogP contribution >= 0.6 is 0 Å². The fourth-order valence-corrected chi connectivity index (χ4v) is 2.67. The molecular formula is C14H16O2. The molecule has 84 valence electrons. The minimum atomic E-state index is 0.327. The van der Waals surface area contributed by atoms with Crippen molar-refractivity contribution in [1.82, 2.24) is 0 Å². The zero-order valence-corrected chi connectivity index (χ0v) is 9.49. The zero-order valence-electron chi connectivity index (χ0n) is 9.49. The summed E-state index contributed by atoms with van der Waals surface area (Å²) in [5.74, 6) is 2.17. The van der Waals surface area contributed by atoms with Gasteiger partial charge >= 0.3 is 0 Å². The van der Waals surface area contributed by atoms with Gasteiger partial charge in [0.2, 0.25) is 0 Å². The van der Waals surface area contributed by atoms with E-state index in [2.05, 4.69) is 6.92 Å². The largest absolute Gasteiger partial charge is 0.508 e. The highest BCUT2D eigenvalue weighted by atomic mass is 16.3. The maximum absolute atomic E-state index is 9.54. The van der Waals surface area contributed by atoms with E-state index in [0.29, 0.717) is 11.7 Å². The van der Waals surface area contributed by atoms with Gasteiger partial charge in [-0.25, -0.2) is 0 Å². The van der Waals surface area contributed by atoms with E-state index in [1.165, 1.54) is 18.4 Å². The number of hydrogen-bond donors (Lipinski definition) is 1. The fourth-order valence-electron chi connectivity index (χ4n) is 2.67. The first-order chi connectivity index (χ1) is 7.74. The van der Waals surface area contributed by atoms with Gasteiger partial charge in [0.25, 0.3) is 0 Å². The summed E-state index contributed by atoms with van der Waals surface area (Å²) in [5.41, 5.74) is 2.23. The third-order valence-electron chi connectivity index (χ3n) is 3.51. The lowest BCUT2D eigenvalue weighted by Crippen LogP contribution is -1.96. The van der Waals surface area contributed by atoms with Crippen LogP contribution in [0.1, 0.15) is 31.1 Å². The Morgan fingerprint density at radius 3 is 3.12 bits per heavy atom. The Morgan fingerprint density at radius 1 is 1.38 bits per heavy atom. The molecule has 3 rings (SSSR count). The van der Waals surface area contributed by atoms with Crippen molar-refractivity contribution in [2.24, 2.45) is 5.92 Å². The number of hydrogen-bond acceptors (Lipinski definition) is 2. The summed E-state index contributed by atoms with van der Waals surface area (Å²) in [6.45, 7) is 2.29. The van der Waals surface area contributed by atoms with Gasteiger partial charge in [0, 0.05) is 17.4 Å². The maximum Gasteiger partial charge on any atom is 0.134 e. The molecule has 0 aliphatic heterocycles. The van der Waals surface area contributed by atoms with Crippen LogP contribution in [0.4, 0.5) is 0 Å². The lowest BCUT2D eigenvalue weighted by atomic mass is 9.98. The Morgan fingerprint density at radius 2 is 2.25 bits per heavy atom. The van der Waals surface area contributed by atoms with E-state index in [0.717, 1.165) is 29.6 Å². The lowest BCUT2D eigenvalue weighted by molar-refractivity contribution is 0.475. The topological polar surface area (TPSA) is 33.4 Å². The first-order valence-corrected chi connectivity index (χ1v) is 5.97. The number of rotatable bonds is 0. The van der Waals surface area contributed by atoms with Crippen molar-refractivity contribution in [3.63, 3.8) is 0 Å². The molecule has 1 aliphatic carbocycles. The molecule has 1 aromatic heterocycles. The molecular weight excluding hydrogens is 200 g/mol. The van der Waals surface area contributed by atoms with Gasteiger partial charge in [-0.3, -0.25) is 0 Å². The van der Waals surface area contributed by atoms with Crippen LogP contribution in [-0.4, -0.2) is 5.11 Å². The normalized spacial score (nSPS) is 20.7. The number of phenolic OH excluding ortho intramolecular Hbond substituents is 1. The highest BCUT2D eigenvalue weighted by Gasteiger charge is 2.20. The molecule has 0 saturated heterocycles. The van der Waals surface area contributed by atoms with Gasteiger partial charge in [0.15, 0.2) is 0 Å². The molecule has 0 bridgehead atoms. The van der Waals surface area contributed by atoms with Gasteiger partial charge < -0.3 is 9.52 Å². The van der Waals surface area contributed by atoms with Crippen molar-refractivity contribution in [2.75, 3.05) is 0 Å². The van der Waals surface area contributed by atoms with Gasteiger partial charge in [-0.1, -0.05) is 6.92 Å². The van der Waals surface area contributed by atoms with Gasteiger partial charge in [0.1, 0.15) is 17.1 Å². The summed E-state index contributed by atoms with van der Waals surface area (Å²) < 4.78 is 5.86. The van der Waals surface area contributed by atoms with Crippen molar-refractivity contribution in [2.45, 2.75) is 32.6 Å². The molecule has 1 N–H and O–H groups in total. The smallest absolute Gasteiger partial charge is 0.134 e. The molecule has 0 fully saturated rings. The van der Waals surface area contributed by atoms with E-state index in [1.807, 2.05) is 12.1 Å². The van der Waals surface area contributed by atoms with Gasteiger partial charge in [-0.05, 0) is 43.4 Å². The van der Waals surface area contributed by atoms with Crippen LogP contribution < -0.4 is 0 Å². The Balaban J connectivity index is 2.21. The van der Waals surface area contributed by atoms with Crippen LogP contribution in [0.3, 0.4) is 0 Å². The van der Waals surface area contributed by atoms with E-state index >= 15 is 0 Å². The number of aromatic hydroxyl groups is 1. The monoisotopic (exact) mass is 216 g/mol. The van der Waals surface area contributed by atoms with E-state index in [9.17, 15) is 5.11 Å². The highest BCUT2D eigenvalue weighted by Crippen LogP contribution is 2.34. The molecule has 16 heavy (non-hydrogen) atoms. The summed E-state index contributed by atoms with van der Waals surface area (Å²) in [7, 11) is 0. The first kappa shape index (κ1) is 9.76. The summed E-state index contributed by atoms with van der Waals surface area (Å²) >= 11 is 0. The molecule has 0 spiro atoms. The Hall–Kier alpha value is -1.44. The quantitative estimate of drug-likeness (QED) is 0.682. The Bertz CT molecular complexity index is 525. The zero-order chi connectivity index (χ0) is 11.1. The van der Waals surface area contributed by atoms with Crippen LogP contribution in [0.25, 0.3) is 11.0 Å². The fraction of sp³-hybridized carbons (Fsp3) is 0.429. The number of phenols is 1. The lowest BCUT2D eigenvalue weighted by Gasteiger charge is -2.05. The molecule has 2 heteroatoms. The molecule has 0 amide bonds. The Labute approximate surface area is 94.9 Å². The van der Waals surface area contributed by atoms with E-state index in [1.54, 1.807) is 6.07 Å². The van der Waals surface area contributed by atoms with Gasteiger partial charge in [0.05, 0.1) is 0 Å². The van der Waals surface area contributed by atoms with Gasteiger partial charge in [-0.2, -0.15) is 0 Å². The van der Waals surface area contributed by atoms with Crippen molar-refractivity contribution in [3.8, 4) is 5.75 Å². The minimum Gasteiger partial charge on any atom is -0.508 e. The maximum atomic E-state index is 9.54. The third-order valence-corrected chi connectivity index (χ3v) is 3.51. The van der Waals surface area contributed by atoms with E-state index < -0.39 is 0 Å². The predicted octanol–water partition coefficient (Wildman–Crippen LogP) is 3.65. The molecule has 0 saturated carbocycles. The second-order valence-electron chi connectivity index (χ2n) is 4.89. The van der Waals surface area contributed by atoms with Crippen LogP contribution in [0.5, 0.6) is 5.75 Å². The third kappa shape index (κ3) is 1.49. The van der Waals surface area contributed by atoms with Crippen molar-refractivity contribution >= 4 is 11.0 Å².